The van der Waals surface area contributed by atoms with Gasteiger partial charge in [0.1, 0.15) is 6.54 Å². The topological polar surface area (TPSA) is 77.9 Å². The predicted molar refractivity (Wildman–Crippen MR) is 105 cm³/mol. The minimum absolute atomic E-state index is 0.0137. The van der Waals surface area contributed by atoms with E-state index in [0.717, 1.165) is 41.5 Å². The molecule has 2 aliphatic rings. The lowest BCUT2D eigenvalue weighted by Crippen LogP contribution is -2.49. The molecule has 0 aromatic heterocycles. The lowest BCUT2D eigenvalue weighted by molar-refractivity contribution is -0.139. The van der Waals surface area contributed by atoms with E-state index in [1.807, 2.05) is 0 Å². The van der Waals surface area contributed by atoms with Crippen LogP contribution in [0, 0.1) is 0 Å². The monoisotopic (exact) mass is 408 g/mol. The summed E-state index contributed by atoms with van der Waals surface area (Å²) in [7, 11) is 0. The molecule has 144 valence electrons. The van der Waals surface area contributed by atoms with E-state index in [2.05, 4.69) is 0 Å². The second-order valence-corrected chi connectivity index (χ2v) is 8.00. The average Bonchev–Trinajstić information content (AvgIpc) is 2.91. The van der Waals surface area contributed by atoms with E-state index in [1.54, 1.807) is 35.2 Å². The fourth-order valence-electron chi connectivity index (χ4n) is 3.35. The summed E-state index contributed by atoms with van der Waals surface area (Å²) in [6.07, 6.45) is 4.89. The molecular weight excluding hydrogens is 388 g/mol. The summed E-state index contributed by atoms with van der Waals surface area (Å²) in [5, 5.41) is 9.35. The van der Waals surface area contributed by atoms with Gasteiger partial charge in [-0.1, -0.05) is 23.7 Å². The number of benzene rings is 1. The summed E-state index contributed by atoms with van der Waals surface area (Å²) in [5.41, 5.74) is 0.760. The smallest absolute Gasteiger partial charge is 0.294 e. The molecule has 0 unspecified atom stereocenters. The molecule has 0 spiro atoms. The Bertz CT molecular complexity index is 763. The van der Waals surface area contributed by atoms with Crippen LogP contribution < -0.4 is 0 Å². The third kappa shape index (κ3) is 4.72. The Morgan fingerprint density at radius 2 is 2.00 bits per heavy atom. The van der Waals surface area contributed by atoms with Crippen LogP contribution in [-0.2, 0) is 9.59 Å². The minimum Gasteiger partial charge on any atom is -0.396 e. The van der Waals surface area contributed by atoms with Gasteiger partial charge in [0.2, 0.25) is 5.91 Å². The SMILES string of the molecule is O=C1S/C(=C\c2ccc(Cl)cc2)C(=O)N1CC(=O)N1CCCC[C@H]1CCO. The zero-order valence-electron chi connectivity index (χ0n) is 14.8. The molecule has 0 bridgehead atoms. The lowest BCUT2D eigenvalue weighted by atomic mass is 9.99. The molecule has 6 nitrogen and oxygen atoms in total. The zero-order chi connectivity index (χ0) is 19.4. The maximum Gasteiger partial charge on any atom is 0.294 e. The van der Waals surface area contributed by atoms with Gasteiger partial charge >= 0.3 is 0 Å². The van der Waals surface area contributed by atoms with Gasteiger partial charge in [0.05, 0.1) is 4.91 Å². The molecule has 27 heavy (non-hydrogen) atoms. The molecular formula is C19H21ClN2O4S. The summed E-state index contributed by atoms with van der Waals surface area (Å²) >= 11 is 6.69. The number of thioether (sulfide) groups is 1. The molecule has 8 heteroatoms. The number of carbonyl (C=O) groups excluding carboxylic acids is 3. The average molecular weight is 409 g/mol. The molecule has 0 radical (unpaired) electrons. The van der Waals surface area contributed by atoms with E-state index >= 15 is 0 Å². The van der Waals surface area contributed by atoms with Crippen molar-refractivity contribution in [3.63, 3.8) is 0 Å². The maximum atomic E-state index is 12.7. The van der Waals surface area contributed by atoms with Crippen LogP contribution >= 0.6 is 23.4 Å². The quantitative estimate of drug-likeness (QED) is 0.757. The molecule has 2 saturated heterocycles. The first-order chi connectivity index (χ1) is 13.0. The molecule has 3 amide bonds. The predicted octanol–water partition coefficient (Wildman–Crippen LogP) is 3.14. The van der Waals surface area contributed by atoms with Crippen molar-refractivity contribution in [1.82, 2.24) is 9.80 Å². The van der Waals surface area contributed by atoms with Crippen LogP contribution in [0.4, 0.5) is 4.79 Å². The highest BCUT2D eigenvalue weighted by Gasteiger charge is 2.38. The Kier molecular flexibility index (Phi) is 6.57. The van der Waals surface area contributed by atoms with Crippen molar-refractivity contribution in [2.45, 2.75) is 31.7 Å². The van der Waals surface area contributed by atoms with Crippen LogP contribution in [0.1, 0.15) is 31.2 Å². The van der Waals surface area contributed by atoms with Crippen molar-refractivity contribution >= 4 is 46.5 Å². The number of nitrogens with zero attached hydrogens (tertiary/aromatic N) is 2. The Labute approximate surface area is 167 Å². The molecule has 1 aromatic rings. The van der Waals surface area contributed by atoms with Gasteiger partial charge in [-0.05, 0) is 61.2 Å². The Hall–Kier alpha value is -1.83. The fourth-order valence-corrected chi connectivity index (χ4v) is 4.32. The van der Waals surface area contributed by atoms with Crippen LogP contribution in [0.15, 0.2) is 29.2 Å². The van der Waals surface area contributed by atoms with Crippen molar-refractivity contribution in [2.24, 2.45) is 0 Å². The van der Waals surface area contributed by atoms with Crippen LogP contribution in [0.25, 0.3) is 6.08 Å². The van der Waals surface area contributed by atoms with Gasteiger partial charge in [0.25, 0.3) is 11.1 Å². The van der Waals surface area contributed by atoms with Crippen LogP contribution in [-0.4, -0.2) is 57.7 Å². The summed E-state index contributed by atoms with van der Waals surface area (Å²) in [6, 6.07) is 6.90. The number of likely N-dealkylation sites (tertiary alicyclic amines) is 1. The summed E-state index contributed by atoms with van der Waals surface area (Å²) in [4.78, 5) is 40.5. The third-order valence-electron chi connectivity index (χ3n) is 4.74. The van der Waals surface area contributed by atoms with Gasteiger partial charge < -0.3 is 10.0 Å². The third-order valence-corrected chi connectivity index (χ3v) is 5.90. The van der Waals surface area contributed by atoms with Crippen molar-refractivity contribution < 1.29 is 19.5 Å². The summed E-state index contributed by atoms with van der Waals surface area (Å²) in [6.45, 7) is 0.352. The molecule has 2 fully saturated rings. The highest BCUT2D eigenvalue weighted by molar-refractivity contribution is 8.18. The van der Waals surface area contributed by atoms with E-state index in [9.17, 15) is 19.5 Å². The number of rotatable bonds is 5. The van der Waals surface area contributed by atoms with Crippen molar-refractivity contribution in [3.05, 3.63) is 39.8 Å². The van der Waals surface area contributed by atoms with Gasteiger partial charge in [0, 0.05) is 24.2 Å². The van der Waals surface area contributed by atoms with Gasteiger partial charge in [0.15, 0.2) is 0 Å². The van der Waals surface area contributed by atoms with Gasteiger partial charge in [-0.2, -0.15) is 0 Å². The van der Waals surface area contributed by atoms with Gasteiger partial charge in [-0.25, -0.2) is 0 Å². The standard InChI is InChI=1S/C19H21ClN2O4S/c20-14-6-4-13(5-7-14)11-16-18(25)22(19(26)27-16)12-17(24)21-9-2-1-3-15(21)8-10-23/h4-7,11,15,23H,1-3,8-10,12H2/b16-11-/t15-/m0/s1. The van der Waals surface area contributed by atoms with Crippen LogP contribution in [0.2, 0.25) is 5.02 Å². The van der Waals surface area contributed by atoms with Crippen LogP contribution in [0.3, 0.4) is 0 Å². The van der Waals surface area contributed by atoms with Crippen molar-refractivity contribution in [1.29, 1.82) is 0 Å². The Morgan fingerprint density at radius 3 is 2.70 bits per heavy atom. The highest BCUT2D eigenvalue weighted by atomic mass is 35.5. The number of piperidine rings is 1. The fraction of sp³-hybridized carbons (Fsp3) is 0.421. The number of imide groups is 1. The first-order valence-electron chi connectivity index (χ1n) is 8.91. The van der Waals surface area contributed by atoms with E-state index in [1.165, 1.54) is 0 Å². The van der Waals surface area contributed by atoms with Crippen molar-refractivity contribution in [3.8, 4) is 0 Å². The largest absolute Gasteiger partial charge is 0.396 e. The maximum absolute atomic E-state index is 12.7. The molecule has 1 atom stereocenters. The Balaban J connectivity index is 1.69. The summed E-state index contributed by atoms with van der Waals surface area (Å²) < 4.78 is 0. The molecule has 0 saturated carbocycles. The van der Waals surface area contributed by atoms with Crippen LogP contribution in [0.5, 0.6) is 0 Å². The first kappa shape index (κ1) is 19.9. The molecule has 1 aromatic carbocycles. The number of hydrogen-bond acceptors (Lipinski definition) is 5. The highest BCUT2D eigenvalue weighted by Crippen LogP contribution is 2.32. The van der Waals surface area contributed by atoms with E-state index in [4.69, 9.17) is 11.6 Å². The van der Waals surface area contributed by atoms with E-state index in [-0.39, 0.29) is 25.1 Å². The molecule has 3 rings (SSSR count). The van der Waals surface area contributed by atoms with E-state index in [0.29, 0.717) is 22.9 Å². The van der Waals surface area contributed by atoms with E-state index < -0.39 is 11.1 Å². The Morgan fingerprint density at radius 1 is 1.26 bits per heavy atom. The molecule has 0 aliphatic carbocycles. The minimum atomic E-state index is -0.455. The number of aliphatic hydroxyl groups excluding tert-OH is 1. The number of aliphatic hydroxyl groups is 1. The number of halogens is 1. The second-order valence-electron chi connectivity index (χ2n) is 6.57. The van der Waals surface area contributed by atoms with Crippen molar-refractivity contribution in [2.75, 3.05) is 19.7 Å². The zero-order valence-corrected chi connectivity index (χ0v) is 16.3. The number of hydrogen-bond donors (Lipinski definition) is 1. The van der Waals surface area contributed by atoms with Gasteiger partial charge in [-0.3, -0.25) is 19.3 Å². The second kappa shape index (κ2) is 8.91. The molecule has 2 aliphatic heterocycles. The van der Waals surface area contributed by atoms with Gasteiger partial charge in [-0.15, -0.1) is 0 Å². The summed E-state index contributed by atoms with van der Waals surface area (Å²) in [5.74, 6) is -0.702. The molecule has 1 N–H and O–H groups in total. The first-order valence-corrected chi connectivity index (χ1v) is 10.1. The normalized spacial score (nSPS) is 22.0. The molecule has 2 heterocycles. The number of amides is 3. The number of carbonyl (C=O) groups is 3. The lowest BCUT2D eigenvalue weighted by Gasteiger charge is -2.36.